The number of hydrogen-bond donors (Lipinski definition) is 2. The topological polar surface area (TPSA) is 104 Å². The van der Waals surface area contributed by atoms with Gasteiger partial charge in [-0.1, -0.05) is 0 Å². The number of hydrogen-bond acceptors (Lipinski definition) is 7. The Balaban J connectivity index is 1.32. The predicted octanol–water partition coefficient (Wildman–Crippen LogP) is 0.0128. The number of nitrogens with zero attached hydrogens (tertiary/aromatic N) is 3. The van der Waals surface area contributed by atoms with Gasteiger partial charge >= 0.3 is 0 Å². The molecule has 3 saturated heterocycles. The lowest BCUT2D eigenvalue weighted by atomic mass is 10.2. The Morgan fingerprint density at radius 2 is 1.93 bits per heavy atom. The molecule has 3 aliphatic heterocycles. The zero-order chi connectivity index (χ0) is 19.6. The molecule has 154 valence electrons. The molecule has 4 rings (SSSR count). The van der Waals surface area contributed by atoms with Crippen LogP contribution in [0.15, 0.2) is 18.3 Å². The lowest BCUT2D eigenvalue weighted by Gasteiger charge is -2.27. The van der Waals surface area contributed by atoms with Gasteiger partial charge in [0.15, 0.2) is 0 Å². The Kier molecular flexibility index (Phi) is 5.81. The van der Waals surface area contributed by atoms with Gasteiger partial charge in [-0.2, -0.15) is 0 Å². The van der Waals surface area contributed by atoms with Gasteiger partial charge in [-0.05, 0) is 31.4 Å². The summed E-state index contributed by atoms with van der Waals surface area (Å²) in [6.07, 6.45) is 3.76. The van der Waals surface area contributed by atoms with E-state index in [0.29, 0.717) is 45.0 Å². The minimum atomic E-state index is -3.33. The standard InChI is InChI=1S/C18H27N5O4S/c24-18(16-11-15(13-19-16)28(25,26)23-5-1-2-6-23)21-14-3-4-17(20-12-14)22-7-9-27-10-8-22/h3-4,12,15-16,19H,1-2,5-11,13H2,(H,21,24). The smallest absolute Gasteiger partial charge is 0.241 e. The quantitative estimate of drug-likeness (QED) is 0.706. The molecule has 0 aromatic carbocycles. The SMILES string of the molecule is O=C(Nc1ccc(N2CCOCC2)nc1)C1CC(S(=O)(=O)N2CCCC2)CN1. The van der Waals surface area contributed by atoms with Crippen LogP contribution in [0.1, 0.15) is 19.3 Å². The van der Waals surface area contributed by atoms with E-state index in [4.69, 9.17) is 4.74 Å². The molecule has 0 radical (unpaired) electrons. The van der Waals surface area contributed by atoms with Crippen molar-refractivity contribution in [1.82, 2.24) is 14.6 Å². The van der Waals surface area contributed by atoms with Crippen LogP contribution in [0.25, 0.3) is 0 Å². The van der Waals surface area contributed by atoms with Crippen molar-refractivity contribution in [1.29, 1.82) is 0 Å². The van der Waals surface area contributed by atoms with E-state index in [2.05, 4.69) is 20.5 Å². The largest absolute Gasteiger partial charge is 0.378 e. The first-order chi connectivity index (χ1) is 13.5. The summed E-state index contributed by atoms with van der Waals surface area (Å²) in [4.78, 5) is 19.1. The Morgan fingerprint density at radius 3 is 2.61 bits per heavy atom. The molecule has 2 atom stereocenters. The summed E-state index contributed by atoms with van der Waals surface area (Å²) < 4.78 is 32.3. The molecule has 4 heterocycles. The van der Waals surface area contributed by atoms with E-state index in [1.165, 1.54) is 0 Å². The Bertz CT molecular complexity index is 789. The number of carbonyl (C=O) groups excluding carboxylic acids is 1. The zero-order valence-corrected chi connectivity index (χ0v) is 16.7. The molecular weight excluding hydrogens is 382 g/mol. The number of carbonyl (C=O) groups is 1. The molecule has 9 nitrogen and oxygen atoms in total. The van der Waals surface area contributed by atoms with Crippen LogP contribution in [0, 0.1) is 0 Å². The second-order valence-electron chi connectivity index (χ2n) is 7.46. The van der Waals surface area contributed by atoms with Crippen molar-refractivity contribution in [2.45, 2.75) is 30.6 Å². The number of morpholine rings is 1. The van der Waals surface area contributed by atoms with Crippen molar-refractivity contribution < 1.29 is 17.9 Å². The lowest BCUT2D eigenvalue weighted by Crippen LogP contribution is -2.37. The van der Waals surface area contributed by atoms with Crippen molar-refractivity contribution in [3.8, 4) is 0 Å². The van der Waals surface area contributed by atoms with Gasteiger partial charge in [0.05, 0.1) is 36.4 Å². The molecule has 28 heavy (non-hydrogen) atoms. The monoisotopic (exact) mass is 409 g/mol. The Labute approximate surface area is 165 Å². The van der Waals surface area contributed by atoms with Crippen LogP contribution in [0.5, 0.6) is 0 Å². The predicted molar refractivity (Wildman–Crippen MR) is 106 cm³/mol. The van der Waals surface area contributed by atoms with Crippen LogP contribution >= 0.6 is 0 Å². The van der Waals surface area contributed by atoms with Gasteiger partial charge in [-0.25, -0.2) is 17.7 Å². The van der Waals surface area contributed by atoms with Crippen molar-refractivity contribution >= 4 is 27.4 Å². The number of ether oxygens (including phenoxy) is 1. The number of rotatable bonds is 5. The third-order valence-electron chi connectivity index (χ3n) is 5.60. The first kappa shape index (κ1) is 19.6. The highest BCUT2D eigenvalue weighted by atomic mass is 32.2. The van der Waals surface area contributed by atoms with E-state index >= 15 is 0 Å². The maximum atomic E-state index is 12.7. The number of nitrogens with one attached hydrogen (secondary N) is 2. The minimum absolute atomic E-state index is 0.222. The van der Waals surface area contributed by atoms with Crippen molar-refractivity contribution in [3.05, 3.63) is 18.3 Å². The lowest BCUT2D eigenvalue weighted by molar-refractivity contribution is -0.117. The first-order valence-corrected chi connectivity index (χ1v) is 11.4. The van der Waals surface area contributed by atoms with Gasteiger partial charge in [-0.3, -0.25) is 4.79 Å². The minimum Gasteiger partial charge on any atom is -0.378 e. The third kappa shape index (κ3) is 4.14. The van der Waals surface area contributed by atoms with Gasteiger partial charge in [-0.15, -0.1) is 0 Å². The molecule has 1 aromatic heterocycles. The van der Waals surface area contributed by atoms with Crippen LogP contribution in [0.4, 0.5) is 11.5 Å². The molecule has 0 spiro atoms. The average Bonchev–Trinajstić information content (AvgIpc) is 3.42. The first-order valence-electron chi connectivity index (χ1n) is 9.86. The highest BCUT2D eigenvalue weighted by Crippen LogP contribution is 2.23. The highest BCUT2D eigenvalue weighted by molar-refractivity contribution is 7.89. The maximum absolute atomic E-state index is 12.7. The fourth-order valence-corrected chi connectivity index (χ4v) is 5.88. The summed E-state index contributed by atoms with van der Waals surface area (Å²) in [5, 5.41) is 5.36. The summed E-state index contributed by atoms with van der Waals surface area (Å²) in [6, 6.07) is 3.19. The van der Waals surface area contributed by atoms with Crippen LogP contribution < -0.4 is 15.5 Å². The summed E-state index contributed by atoms with van der Waals surface area (Å²) in [5.41, 5.74) is 0.606. The second kappa shape index (κ2) is 8.32. The Hall–Kier alpha value is -1.75. The van der Waals surface area contributed by atoms with Gasteiger partial charge in [0.2, 0.25) is 15.9 Å². The maximum Gasteiger partial charge on any atom is 0.241 e. The second-order valence-corrected chi connectivity index (χ2v) is 9.68. The number of sulfonamides is 1. The van der Waals surface area contributed by atoms with Gasteiger partial charge in [0.1, 0.15) is 5.82 Å². The van der Waals surface area contributed by atoms with E-state index in [1.54, 1.807) is 10.5 Å². The van der Waals surface area contributed by atoms with E-state index in [0.717, 1.165) is 31.7 Å². The third-order valence-corrected chi connectivity index (χ3v) is 7.89. The molecule has 2 N–H and O–H groups in total. The van der Waals surface area contributed by atoms with Gasteiger partial charge in [0.25, 0.3) is 0 Å². The van der Waals surface area contributed by atoms with Crippen molar-refractivity contribution in [3.63, 3.8) is 0 Å². The van der Waals surface area contributed by atoms with Crippen LogP contribution in [-0.2, 0) is 19.6 Å². The molecule has 2 unspecified atom stereocenters. The van der Waals surface area contributed by atoms with E-state index in [9.17, 15) is 13.2 Å². The van der Waals surface area contributed by atoms with Crippen LogP contribution in [0.2, 0.25) is 0 Å². The van der Waals surface area contributed by atoms with Crippen molar-refractivity contribution in [2.24, 2.45) is 0 Å². The molecule has 0 saturated carbocycles. The fourth-order valence-electron chi connectivity index (χ4n) is 3.95. The molecule has 0 bridgehead atoms. The van der Waals surface area contributed by atoms with Crippen LogP contribution in [-0.4, -0.2) is 80.8 Å². The fraction of sp³-hybridized carbons (Fsp3) is 0.667. The molecular formula is C18H27N5O4S. The number of anilines is 2. The molecule has 1 aromatic rings. The molecule has 10 heteroatoms. The molecule has 3 fully saturated rings. The summed E-state index contributed by atoms with van der Waals surface area (Å²) in [6.45, 7) is 4.48. The van der Waals surface area contributed by atoms with Gasteiger partial charge in [0, 0.05) is 32.7 Å². The van der Waals surface area contributed by atoms with Gasteiger partial charge < -0.3 is 20.3 Å². The summed E-state index contributed by atoms with van der Waals surface area (Å²) in [5.74, 6) is 0.636. The Morgan fingerprint density at radius 1 is 1.18 bits per heavy atom. The number of pyridine rings is 1. The summed E-state index contributed by atoms with van der Waals surface area (Å²) >= 11 is 0. The molecule has 0 aliphatic carbocycles. The van der Waals surface area contributed by atoms with Crippen molar-refractivity contribution in [2.75, 3.05) is 56.2 Å². The van der Waals surface area contributed by atoms with Crippen LogP contribution in [0.3, 0.4) is 0 Å². The number of aromatic nitrogens is 1. The average molecular weight is 410 g/mol. The van der Waals surface area contributed by atoms with E-state index in [-0.39, 0.29) is 5.91 Å². The highest BCUT2D eigenvalue weighted by Gasteiger charge is 2.40. The normalized spacial score (nSPS) is 26.5. The molecule has 1 amide bonds. The zero-order valence-electron chi connectivity index (χ0n) is 15.8. The summed E-state index contributed by atoms with van der Waals surface area (Å²) in [7, 11) is -3.33. The van der Waals surface area contributed by atoms with E-state index < -0.39 is 21.3 Å². The number of amides is 1. The molecule has 3 aliphatic rings. The van der Waals surface area contributed by atoms with E-state index in [1.807, 2.05) is 12.1 Å².